The summed E-state index contributed by atoms with van der Waals surface area (Å²) in [6.45, 7) is 5.49. The number of hydrogen-bond donors (Lipinski definition) is 1. The van der Waals surface area contributed by atoms with Crippen molar-refractivity contribution in [3.63, 3.8) is 0 Å². The van der Waals surface area contributed by atoms with Gasteiger partial charge in [-0.25, -0.2) is 13.2 Å². The molecule has 1 aliphatic rings. The van der Waals surface area contributed by atoms with E-state index in [1.807, 2.05) is 31.2 Å². The van der Waals surface area contributed by atoms with Crippen molar-refractivity contribution in [1.29, 1.82) is 0 Å². The van der Waals surface area contributed by atoms with E-state index in [0.717, 1.165) is 30.6 Å². The second kappa shape index (κ2) is 9.20. The zero-order valence-corrected chi connectivity index (χ0v) is 15.8. The molecule has 1 aliphatic heterocycles. The van der Waals surface area contributed by atoms with Crippen LogP contribution in [0.2, 0.25) is 0 Å². The Bertz CT molecular complexity index is 669. The van der Waals surface area contributed by atoms with E-state index in [4.69, 9.17) is 4.74 Å². The van der Waals surface area contributed by atoms with Crippen LogP contribution in [0.5, 0.6) is 0 Å². The predicted molar refractivity (Wildman–Crippen MR) is 98.3 cm³/mol. The lowest BCUT2D eigenvalue weighted by atomic mass is 10.1. The molecule has 7 heteroatoms. The maximum Gasteiger partial charge on any atom is 0.317 e. The lowest BCUT2D eigenvalue weighted by Crippen LogP contribution is -2.44. The van der Waals surface area contributed by atoms with E-state index < -0.39 is 9.84 Å². The fourth-order valence-corrected chi connectivity index (χ4v) is 3.52. The third-order valence-corrected chi connectivity index (χ3v) is 6.19. The summed E-state index contributed by atoms with van der Waals surface area (Å²) in [5, 5.41) is 2.74. The minimum Gasteiger partial charge on any atom is -0.376 e. The summed E-state index contributed by atoms with van der Waals surface area (Å²) >= 11 is 0. The molecule has 1 N–H and O–H groups in total. The second-order valence-electron chi connectivity index (χ2n) is 6.41. The van der Waals surface area contributed by atoms with Crippen LogP contribution in [0.3, 0.4) is 0 Å². The van der Waals surface area contributed by atoms with Crippen molar-refractivity contribution < 1.29 is 17.9 Å². The van der Waals surface area contributed by atoms with Crippen molar-refractivity contribution in [2.75, 3.05) is 31.2 Å². The maximum absolute atomic E-state index is 12.6. The Labute approximate surface area is 150 Å². The number of nitrogens with zero attached hydrogens (tertiary/aromatic N) is 1. The van der Waals surface area contributed by atoms with Gasteiger partial charge < -0.3 is 15.0 Å². The summed E-state index contributed by atoms with van der Waals surface area (Å²) in [5.74, 6) is 0.0546. The molecular weight excluding hydrogens is 340 g/mol. The number of nitrogens with one attached hydrogen (secondary N) is 1. The summed E-state index contributed by atoms with van der Waals surface area (Å²) in [5.41, 5.74) is 2.21. The summed E-state index contributed by atoms with van der Waals surface area (Å²) in [6.07, 6.45) is 2.01. The number of amides is 2. The number of carbonyl (C=O) groups is 1. The van der Waals surface area contributed by atoms with Crippen LogP contribution < -0.4 is 5.32 Å². The number of aryl methyl sites for hydroxylation is 1. The number of ether oxygens (including phenoxy) is 1. The monoisotopic (exact) mass is 368 g/mol. The van der Waals surface area contributed by atoms with Crippen LogP contribution in [0.25, 0.3) is 0 Å². The Morgan fingerprint density at radius 3 is 2.76 bits per heavy atom. The maximum atomic E-state index is 12.6. The number of carbonyl (C=O) groups excluding carboxylic acids is 1. The normalized spacial score (nSPS) is 17.4. The van der Waals surface area contributed by atoms with Gasteiger partial charge >= 0.3 is 6.03 Å². The molecule has 0 spiro atoms. The highest BCUT2D eigenvalue weighted by Gasteiger charge is 2.23. The van der Waals surface area contributed by atoms with Crippen LogP contribution >= 0.6 is 0 Å². The Balaban J connectivity index is 1.99. The highest BCUT2D eigenvalue weighted by Crippen LogP contribution is 2.16. The van der Waals surface area contributed by atoms with Gasteiger partial charge in [-0.3, -0.25) is 0 Å². The molecule has 1 saturated heterocycles. The minimum absolute atomic E-state index is 0.0344. The Morgan fingerprint density at radius 1 is 1.36 bits per heavy atom. The van der Waals surface area contributed by atoms with Crippen LogP contribution in [-0.2, 0) is 21.1 Å². The van der Waals surface area contributed by atoms with Gasteiger partial charge in [-0.1, -0.05) is 31.2 Å². The van der Waals surface area contributed by atoms with Crippen molar-refractivity contribution in [1.82, 2.24) is 10.2 Å². The SMILES string of the molecule is CCS(=O)(=O)CCNC(=O)N(Cc1ccccc1C)C[C@@H]1CCCO1. The first-order valence-corrected chi connectivity index (χ1v) is 10.6. The van der Waals surface area contributed by atoms with Crippen molar-refractivity contribution in [2.24, 2.45) is 0 Å². The summed E-state index contributed by atoms with van der Waals surface area (Å²) < 4.78 is 28.8. The highest BCUT2D eigenvalue weighted by molar-refractivity contribution is 7.91. The molecule has 1 heterocycles. The first-order chi connectivity index (χ1) is 11.9. The van der Waals surface area contributed by atoms with E-state index in [-0.39, 0.29) is 30.2 Å². The number of sulfone groups is 1. The van der Waals surface area contributed by atoms with E-state index in [1.54, 1.807) is 11.8 Å². The average Bonchev–Trinajstić information content (AvgIpc) is 3.09. The molecule has 6 nitrogen and oxygen atoms in total. The van der Waals surface area contributed by atoms with Gasteiger partial charge in [0.1, 0.15) is 0 Å². The van der Waals surface area contributed by atoms with Crippen LogP contribution in [0.15, 0.2) is 24.3 Å². The molecule has 140 valence electrons. The minimum atomic E-state index is -3.09. The molecule has 1 aromatic rings. The predicted octanol–water partition coefficient (Wildman–Crippen LogP) is 2.12. The van der Waals surface area contributed by atoms with Crippen molar-refractivity contribution in [2.45, 2.75) is 39.3 Å². The standard InChI is InChI=1S/C18H28N2O4S/c1-3-25(22,23)12-10-19-18(21)20(14-17-9-6-11-24-17)13-16-8-5-4-7-15(16)2/h4-5,7-8,17H,3,6,9-14H2,1-2H3,(H,19,21)/t17-/m0/s1. The van der Waals surface area contributed by atoms with Gasteiger partial charge in [0, 0.05) is 32.0 Å². The zero-order valence-electron chi connectivity index (χ0n) is 15.0. The lowest BCUT2D eigenvalue weighted by molar-refractivity contribution is 0.0795. The highest BCUT2D eigenvalue weighted by atomic mass is 32.2. The largest absolute Gasteiger partial charge is 0.376 e. The van der Waals surface area contributed by atoms with Crippen molar-refractivity contribution >= 4 is 15.9 Å². The van der Waals surface area contributed by atoms with Gasteiger partial charge in [-0.15, -0.1) is 0 Å². The van der Waals surface area contributed by atoms with Gasteiger partial charge in [-0.05, 0) is 30.9 Å². The molecule has 1 atom stereocenters. The van der Waals surface area contributed by atoms with Gasteiger partial charge in [0.2, 0.25) is 0 Å². The van der Waals surface area contributed by atoms with Crippen LogP contribution in [0.4, 0.5) is 4.79 Å². The Kier molecular flexibility index (Phi) is 7.25. The van der Waals surface area contributed by atoms with E-state index >= 15 is 0 Å². The lowest BCUT2D eigenvalue weighted by Gasteiger charge is -2.26. The van der Waals surface area contributed by atoms with Gasteiger partial charge in [-0.2, -0.15) is 0 Å². The first kappa shape index (κ1) is 19.7. The van der Waals surface area contributed by atoms with E-state index in [1.165, 1.54) is 0 Å². The molecule has 0 bridgehead atoms. The van der Waals surface area contributed by atoms with Crippen LogP contribution in [0, 0.1) is 6.92 Å². The van der Waals surface area contributed by atoms with Crippen LogP contribution in [0.1, 0.15) is 30.9 Å². The molecule has 0 radical (unpaired) electrons. The summed E-state index contributed by atoms with van der Waals surface area (Å²) in [7, 11) is -3.09. The fourth-order valence-electron chi connectivity index (χ4n) is 2.82. The molecule has 0 unspecified atom stereocenters. The van der Waals surface area contributed by atoms with Crippen LogP contribution in [-0.4, -0.2) is 56.7 Å². The summed E-state index contributed by atoms with van der Waals surface area (Å²) in [4.78, 5) is 14.3. The Morgan fingerprint density at radius 2 is 2.12 bits per heavy atom. The van der Waals surface area contributed by atoms with Gasteiger partial charge in [0.25, 0.3) is 0 Å². The van der Waals surface area contributed by atoms with Crippen molar-refractivity contribution in [3.8, 4) is 0 Å². The molecule has 0 aliphatic carbocycles. The van der Waals surface area contributed by atoms with Crippen molar-refractivity contribution in [3.05, 3.63) is 35.4 Å². The molecule has 1 fully saturated rings. The Hall–Kier alpha value is -1.60. The topological polar surface area (TPSA) is 75.7 Å². The average molecular weight is 368 g/mol. The number of benzene rings is 1. The molecule has 0 aromatic heterocycles. The summed E-state index contributed by atoms with van der Waals surface area (Å²) in [6, 6.07) is 7.71. The molecule has 2 rings (SSSR count). The van der Waals surface area contributed by atoms with E-state index in [0.29, 0.717) is 13.1 Å². The van der Waals surface area contributed by atoms with E-state index in [2.05, 4.69) is 5.32 Å². The second-order valence-corrected chi connectivity index (χ2v) is 8.88. The molecule has 2 amide bonds. The quantitative estimate of drug-likeness (QED) is 0.763. The van der Waals surface area contributed by atoms with Gasteiger partial charge in [0.15, 0.2) is 9.84 Å². The molecule has 25 heavy (non-hydrogen) atoms. The smallest absolute Gasteiger partial charge is 0.317 e. The molecule has 0 saturated carbocycles. The number of rotatable bonds is 8. The molecular formula is C18H28N2O4S. The first-order valence-electron chi connectivity index (χ1n) is 8.80. The zero-order chi connectivity index (χ0) is 18.3. The van der Waals surface area contributed by atoms with E-state index in [9.17, 15) is 13.2 Å². The number of hydrogen-bond acceptors (Lipinski definition) is 4. The van der Waals surface area contributed by atoms with Gasteiger partial charge in [0.05, 0.1) is 11.9 Å². The fraction of sp³-hybridized carbons (Fsp3) is 0.611. The molecule has 1 aromatic carbocycles. The third kappa shape index (κ3) is 6.32. The number of urea groups is 1. The third-order valence-electron chi connectivity index (χ3n) is 4.49.